The fraction of sp³-hybridized carbons (Fsp3) is 0.250. The number of carbonyl (C=O) groups is 2. The lowest BCUT2D eigenvalue weighted by atomic mass is 10.1. The van der Waals surface area contributed by atoms with E-state index in [-0.39, 0.29) is 18.2 Å². The predicted molar refractivity (Wildman–Crippen MR) is 125 cm³/mol. The van der Waals surface area contributed by atoms with E-state index in [4.69, 9.17) is 16.3 Å². The average Bonchev–Trinajstić information content (AvgIpc) is 3.11. The van der Waals surface area contributed by atoms with Crippen molar-refractivity contribution in [3.8, 4) is 10.4 Å². The van der Waals surface area contributed by atoms with Crippen molar-refractivity contribution < 1.29 is 14.3 Å². The minimum Gasteiger partial charge on any atom is -0.378 e. The predicted octanol–water partition coefficient (Wildman–Crippen LogP) is 5.03. The number of nitrogens with zero attached hydrogens (tertiary/aromatic N) is 1. The second kappa shape index (κ2) is 9.64. The SMILES string of the molecule is Cc1c(-c2ccccc2)sc(NC(=O)Cc2ccccc2Cl)c1C(=O)N1CCOCC1. The summed E-state index contributed by atoms with van der Waals surface area (Å²) >= 11 is 7.64. The minimum absolute atomic E-state index is 0.0766. The van der Waals surface area contributed by atoms with E-state index >= 15 is 0 Å². The van der Waals surface area contributed by atoms with Crippen LogP contribution in [0.5, 0.6) is 0 Å². The highest BCUT2D eigenvalue weighted by Crippen LogP contribution is 2.40. The van der Waals surface area contributed by atoms with Gasteiger partial charge in [-0.25, -0.2) is 0 Å². The van der Waals surface area contributed by atoms with Crippen molar-refractivity contribution >= 4 is 39.8 Å². The molecule has 1 N–H and O–H groups in total. The summed E-state index contributed by atoms with van der Waals surface area (Å²) in [6.45, 7) is 4.07. The Morgan fingerprint density at radius 1 is 1.06 bits per heavy atom. The Kier molecular flexibility index (Phi) is 6.70. The molecule has 2 heterocycles. The molecule has 0 atom stereocenters. The van der Waals surface area contributed by atoms with Crippen LogP contribution < -0.4 is 5.32 Å². The van der Waals surface area contributed by atoms with E-state index in [2.05, 4.69) is 5.32 Å². The minimum atomic E-state index is -0.204. The van der Waals surface area contributed by atoms with Crippen LogP contribution in [0.1, 0.15) is 21.5 Å². The standard InChI is InChI=1S/C24H23ClN2O3S/c1-16-21(24(29)27-11-13-30-14-12-27)23(31-22(16)17-7-3-2-4-8-17)26-20(28)15-18-9-5-6-10-19(18)25/h2-10H,11-15H2,1H3,(H,26,28). The summed E-state index contributed by atoms with van der Waals surface area (Å²) in [6.07, 6.45) is 0.141. The number of benzene rings is 2. The molecule has 4 rings (SSSR count). The number of nitrogens with one attached hydrogen (secondary N) is 1. The second-order valence-corrected chi connectivity index (χ2v) is 8.78. The van der Waals surface area contributed by atoms with Crippen LogP contribution in [0.3, 0.4) is 0 Å². The molecule has 2 amide bonds. The molecule has 1 saturated heterocycles. The molecule has 0 saturated carbocycles. The number of ether oxygens (including phenoxy) is 1. The van der Waals surface area contributed by atoms with Crippen LogP contribution in [-0.2, 0) is 16.0 Å². The van der Waals surface area contributed by atoms with Gasteiger partial charge in [0.25, 0.3) is 5.91 Å². The molecule has 0 radical (unpaired) electrons. The Bertz CT molecular complexity index is 1090. The third kappa shape index (κ3) is 4.82. The number of amides is 2. The van der Waals surface area contributed by atoms with Crippen LogP contribution in [0, 0.1) is 6.92 Å². The van der Waals surface area contributed by atoms with Crippen LogP contribution in [0.15, 0.2) is 54.6 Å². The number of hydrogen-bond donors (Lipinski definition) is 1. The van der Waals surface area contributed by atoms with Gasteiger partial charge < -0.3 is 15.0 Å². The summed E-state index contributed by atoms with van der Waals surface area (Å²) in [5.41, 5.74) is 3.20. The van der Waals surface area contributed by atoms with E-state index in [1.165, 1.54) is 11.3 Å². The quantitative estimate of drug-likeness (QED) is 0.588. The van der Waals surface area contributed by atoms with Crippen LogP contribution in [0.2, 0.25) is 5.02 Å². The van der Waals surface area contributed by atoms with Gasteiger partial charge in [-0.2, -0.15) is 0 Å². The molecule has 1 fully saturated rings. The monoisotopic (exact) mass is 454 g/mol. The van der Waals surface area contributed by atoms with Gasteiger partial charge >= 0.3 is 0 Å². The van der Waals surface area contributed by atoms with Crippen molar-refractivity contribution in [2.24, 2.45) is 0 Å². The first kappa shape index (κ1) is 21.6. The number of anilines is 1. The average molecular weight is 455 g/mol. The van der Waals surface area contributed by atoms with Gasteiger partial charge in [0.05, 0.1) is 25.2 Å². The zero-order valence-electron chi connectivity index (χ0n) is 17.2. The van der Waals surface area contributed by atoms with E-state index in [0.29, 0.717) is 41.9 Å². The molecular weight excluding hydrogens is 432 g/mol. The molecule has 0 aliphatic carbocycles. The van der Waals surface area contributed by atoms with E-state index in [9.17, 15) is 9.59 Å². The number of hydrogen-bond acceptors (Lipinski definition) is 4. The number of morpholine rings is 1. The van der Waals surface area contributed by atoms with Gasteiger partial charge in [0.1, 0.15) is 5.00 Å². The molecule has 3 aromatic rings. The van der Waals surface area contributed by atoms with Gasteiger partial charge in [-0.05, 0) is 29.7 Å². The van der Waals surface area contributed by atoms with Crippen LogP contribution in [0.4, 0.5) is 5.00 Å². The molecule has 1 aromatic heterocycles. The first-order chi connectivity index (χ1) is 15.0. The number of carbonyl (C=O) groups excluding carboxylic acids is 2. The zero-order chi connectivity index (χ0) is 21.8. The van der Waals surface area contributed by atoms with Crippen molar-refractivity contribution in [1.29, 1.82) is 0 Å². The summed E-state index contributed by atoms with van der Waals surface area (Å²) in [5.74, 6) is -0.280. The van der Waals surface area contributed by atoms with E-state index in [1.807, 2.05) is 55.5 Å². The summed E-state index contributed by atoms with van der Waals surface area (Å²) in [6, 6.07) is 17.2. The first-order valence-electron chi connectivity index (χ1n) is 10.1. The van der Waals surface area contributed by atoms with Gasteiger partial charge in [-0.1, -0.05) is 60.1 Å². The lowest BCUT2D eigenvalue weighted by molar-refractivity contribution is -0.115. The third-order valence-corrected chi connectivity index (χ3v) is 6.88. The highest BCUT2D eigenvalue weighted by atomic mass is 35.5. The summed E-state index contributed by atoms with van der Waals surface area (Å²) in [4.78, 5) is 29.0. The summed E-state index contributed by atoms with van der Waals surface area (Å²) < 4.78 is 5.39. The Labute approximate surface area is 190 Å². The fourth-order valence-electron chi connectivity index (χ4n) is 3.63. The fourth-order valence-corrected chi connectivity index (χ4v) is 5.06. The number of halogens is 1. The van der Waals surface area contributed by atoms with Crippen molar-refractivity contribution in [2.75, 3.05) is 31.6 Å². The lowest BCUT2D eigenvalue weighted by Crippen LogP contribution is -2.41. The smallest absolute Gasteiger partial charge is 0.257 e. The topological polar surface area (TPSA) is 58.6 Å². The second-order valence-electron chi connectivity index (χ2n) is 7.35. The molecule has 160 valence electrons. The third-order valence-electron chi connectivity index (χ3n) is 5.26. The molecule has 5 nitrogen and oxygen atoms in total. The Balaban J connectivity index is 1.67. The molecule has 1 aliphatic heterocycles. The Morgan fingerprint density at radius 3 is 2.45 bits per heavy atom. The first-order valence-corrected chi connectivity index (χ1v) is 11.3. The Morgan fingerprint density at radius 2 is 1.74 bits per heavy atom. The van der Waals surface area contributed by atoms with E-state index in [1.54, 1.807) is 11.0 Å². The van der Waals surface area contributed by atoms with Crippen molar-refractivity contribution in [2.45, 2.75) is 13.3 Å². The maximum absolute atomic E-state index is 13.4. The van der Waals surface area contributed by atoms with Gasteiger partial charge in [0.2, 0.25) is 5.91 Å². The van der Waals surface area contributed by atoms with Crippen molar-refractivity contribution in [3.05, 3.63) is 76.3 Å². The molecule has 1 aliphatic rings. The van der Waals surface area contributed by atoms with Gasteiger partial charge in [0.15, 0.2) is 0 Å². The lowest BCUT2D eigenvalue weighted by Gasteiger charge is -2.27. The van der Waals surface area contributed by atoms with Crippen LogP contribution in [0.25, 0.3) is 10.4 Å². The Hall–Kier alpha value is -2.67. The molecule has 2 aromatic carbocycles. The number of thiophene rings is 1. The molecule has 0 unspecified atom stereocenters. The molecule has 0 spiro atoms. The molecule has 7 heteroatoms. The van der Waals surface area contributed by atoms with Crippen LogP contribution >= 0.6 is 22.9 Å². The van der Waals surface area contributed by atoms with Gasteiger partial charge in [-0.15, -0.1) is 11.3 Å². The normalized spacial score (nSPS) is 13.8. The van der Waals surface area contributed by atoms with Crippen LogP contribution in [-0.4, -0.2) is 43.0 Å². The molecule has 0 bridgehead atoms. The van der Waals surface area contributed by atoms with Gasteiger partial charge in [0, 0.05) is 23.0 Å². The van der Waals surface area contributed by atoms with Crippen molar-refractivity contribution in [3.63, 3.8) is 0 Å². The zero-order valence-corrected chi connectivity index (χ0v) is 18.8. The number of rotatable bonds is 5. The maximum Gasteiger partial charge on any atom is 0.257 e. The molecular formula is C24H23ClN2O3S. The van der Waals surface area contributed by atoms with Gasteiger partial charge in [-0.3, -0.25) is 9.59 Å². The highest BCUT2D eigenvalue weighted by Gasteiger charge is 2.28. The largest absolute Gasteiger partial charge is 0.378 e. The summed E-state index contributed by atoms with van der Waals surface area (Å²) in [5, 5.41) is 4.10. The summed E-state index contributed by atoms with van der Waals surface area (Å²) in [7, 11) is 0. The van der Waals surface area contributed by atoms with E-state index < -0.39 is 0 Å². The molecule has 31 heavy (non-hydrogen) atoms. The van der Waals surface area contributed by atoms with E-state index in [0.717, 1.165) is 21.6 Å². The van der Waals surface area contributed by atoms with Crippen molar-refractivity contribution in [1.82, 2.24) is 4.90 Å². The highest BCUT2D eigenvalue weighted by molar-refractivity contribution is 7.20. The maximum atomic E-state index is 13.4.